The summed E-state index contributed by atoms with van der Waals surface area (Å²) in [6.07, 6.45) is 5.30. The number of rotatable bonds is 5. The molecule has 0 unspecified atom stereocenters. The smallest absolute Gasteiger partial charge is 0.225 e. The van der Waals surface area contributed by atoms with Crippen LogP contribution in [0.1, 0.15) is 37.7 Å². The van der Waals surface area contributed by atoms with Crippen LogP contribution in [0, 0.1) is 11.3 Å². The molecule has 2 fully saturated rings. The first kappa shape index (κ1) is 18.2. The molecule has 1 aliphatic carbocycles. The first-order chi connectivity index (χ1) is 13.1. The molecule has 2 aromatic rings. The van der Waals surface area contributed by atoms with Crippen LogP contribution in [0.4, 0.5) is 0 Å². The number of primary amides is 1. The van der Waals surface area contributed by atoms with E-state index in [2.05, 4.69) is 29.6 Å². The molecule has 1 atom stereocenters. The van der Waals surface area contributed by atoms with E-state index in [0.29, 0.717) is 13.0 Å². The second-order valence-corrected chi connectivity index (χ2v) is 8.94. The summed E-state index contributed by atoms with van der Waals surface area (Å²) < 4.78 is 0. The normalized spacial score (nSPS) is 23.0. The summed E-state index contributed by atoms with van der Waals surface area (Å²) in [6, 6.07) is 12.5. The van der Waals surface area contributed by atoms with Crippen LogP contribution in [-0.4, -0.2) is 29.8 Å². The summed E-state index contributed by atoms with van der Waals surface area (Å²) >= 11 is 1.71. The summed E-state index contributed by atoms with van der Waals surface area (Å²) in [6.45, 7) is 1.21. The zero-order valence-corrected chi connectivity index (χ0v) is 16.3. The molecule has 1 saturated heterocycles. The number of nitrogens with zero attached hydrogens (tertiary/aromatic N) is 1. The lowest BCUT2D eigenvalue weighted by Crippen LogP contribution is -2.54. The molecule has 2 aliphatic rings. The third kappa shape index (κ3) is 3.65. The van der Waals surface area contributed by atoms with Gasteiger partial charge in [-0.3, -0.25) is 9.59 Å². The van der Waals surface area contributed by atoms with E-state index in [1.54, 1.807) is 11.3 Å². The number of amides is 2. The fraction of sp³-hybridized carbons (Fsp3) is 0.455. The highest BCUT2D eigenvalue weighted by Gasteiger charge is 2.43. The zero-order valence-electron chi connectivity index (χ0n) is 15.5. The maximum absolute atomic E-state index is 12.7. The lowest BCUT2D eigenvalue weighted by molar-refractivity contribution is -0.145. The minimum absolute atomic E-state index is 0.163. The minimum atomic E-state index is -0.661. The maximum Gasteiger partial charge on any atom is 0.225 e. The standard InChI is InChI=1S/C22H26N2O2S/c23-21(26)22(10-4-11-24(15-22)20(25)17-6-2-7-17)14-16-5-1-8-18(13-16)19-9-3-12-27-19/h1,3,5,8-9,12-13,17H,2,4,6-7,10-11,14-15H2,(H2,23,26)/t22-/m1/s1. The number of piperidine rings is 1. The highest BCUT2D eigenvalue weighted by molar-refractivity contribution is 7.13. The number of carbonyl (C=O) groups excluding carboxylic acids is 2. The molecule has 0 radical (unpaired) electrons. The number of benzene rings is 1. The topological polar surface area (TPSA) is 63.4 Å². The van der Waals surface area contributed by atoms with E-state index in [1.165, 1.54) is 10.4 Å². The Balaban J connectivity index is 1.56. The summed E-state index contributed by atoms with van der Waals surface area (Å²) in [5, 5.41) is 2.07. The lowest BCUT2D eigenvalue weighted by Gasteiger charge is -2.43. The van der Waals surface area contributed by atoms with Crippen molar-refractivity contribution >= 4 is 23.2 Å². The fourth-order valence-electron chi connectivity index (χ4n) is 4.33. The number of hydrogen-bond donors (Lipinski definition) is 1. The van der Waals surface area contributed by atoms with Crippen LogP contribution in [0.25, 0.3) is 10.4 Å². The van der Waals surface area contributed by atoms with Crippen molar-refractivity contribution in [1.82, 2.24) is 4.90 Å². The van der Waals surface area contributed by atoms with Crippen LogP contribution in [-0.2, 0) is 16.0 Å². The third-order valence-corrected chi connectivity index (χ3v) is 7.06. The van der Waals surface area contributed by atoms with Crippen LogP contribution in [0.15, 0.2) is 41.8 Å². The SMILES string of the molecule is NC(=O)[C@@]1(Cc2cccc(-c3cccs3)c2)CCCN(C(=O)C2CCC2)C1. The van der Waals surface area contributed by atoms with Crippen LogP contribution in [0.5, 0.6) is 0 Å². The van der Waals surface area contributed by atoms with E-state index in [1.807, 2.05) is 17.0 Å². The fourth-order valence-corrected chi connectivity index (χ4v) is 5.06. The van der Waals surface area contributed by atoms with Crippen molar-refractivity contribution in [3.63, 3.8) is 0 Å². The van der Waals surface area contributed by atoms with Crippen molar-refractivity contribution in [2.75, 3.05) is 13.1 Å². The van der Waals surface area contributed by atoms with Crippen LogP contribution >= 0.6 is 11.3 Å². The largest absolute Gasteiger partial charge is 0.369 e. The van der Waals surface area contributed by atoms with E-state index < -0.39 is 5.41 Å². The maximum atomic E-state index is 12.7. The molecule has 142 valence electrons. The molecular weight excluding hydrogens is 356 g/mol. The molecule has 27 heavy (non-hydrogen) atoms. The zero-order chi connectivity index (χ0) is 18.9. The molecule has 4 nitrogen and oxygen atoms in total. The van der Waals surface area contributed by atoms with Gasteiger partial charge in [-0.1, -0.05) is 36.8 Å². The molecule has 5 heteroatoms. The van der Waals surface area contributed by atoms with E-state index in [4.69, 9.17) is 5.73 Å². The highest BCUT2D eigenvalue weighted by atomic mass is 32.1. The molecule has 4 rings (SSSR count). The van der Waals surface area contributed by atoms with Crippen molar-refractivity contribution in [1.29, 1.82) is 0 Å². The Kier molecular flexibility index (Phi) is 5.04. The summed E-state index contributed by atoms with van der Waals surface area (Å²) in [4.78, 5) is 28.4. The average molecular weight is 383 g/mol. The van der Waals surface area contributed by atoms with Crippen molar-refractivity contribution < 1.29 is 9.59 Å². The predicted octanol–water partition coefficient (Wildman–Crippen LogP) is 3.85. The Morgan fingerprint density at radius 3 is 2.70 bits per heavy atom. The molecule has 2 heterocycles. The number of nitrogens with two attached hydrogens (primary N) is 1. The number of thiophene rings is 1. The van der Waals surface area contributed by atoms with Crippen molar-refractivity contribution in [2.24, 2.45) is 17.1 Å². The van der Waals surface area contributed by atoms with Gasteiger partial charge in [0.05, 0.1) is 5.41 Å². The van der Waals surface area contributed by atoms with Gasteiger partial charge in [-0.05, 0) is 54.7 Å². The van der Waals surface area contributed by atoms with Gasteiger partial charge in [-0.25, -0.2) is 0 Å². The van der Waals surface area contributed by atoms with Gasteiger partial charge in [0.2, 0.25) is 11.8 Å². The van der Waals surface area contributed by atoms with E-state index >= 15 is 0 Å². The second kappa shape index (κ2) is 7.47. The molecule has 2 amide bonds. The van der Waals surface area contributed by atoms with Gasteiger partial charge in [-0.2, -0.15) is 0 Å². The van der Waals surface area contributed by atoms with Gasteiger partial charge in [0.1, 0.15) is 0 Å². The molecular formula is C22H26N2O2S. The van der Waals surface area contributed by atoms with Crippen LogP contribution < -0.4 is 5.73 Å². The molecule has 1 saturated carbocycles. The Hall–Kier alpha value is -2.14. The number of likely N-dealkylation sites (tertiary alicyclic amines) is 1. The van der Waals surface area contributed by atoms with Gasteiger partial charge in [-0.15, -0.1) is 11.3 Å². The van der Waals surface area contributed by atoms with E-state index in [0.717, 1.165) is 44.2 Å². The van der Waals surface area contributed by atoms with Crippen molar-refractivity contribution in [3.05, 3.63) is 47.3 Å². The summed E-state index contributed by atoms with van der Waals surface area (Å²) in [7, 11) is 0. The minimum Gasteiger partial charge on any atom is -0.369 e. The van der Waals surface area contributed by atoms with E-state index in [-0.39, 0.29) is 17.7 Å². The van der Waals surface area contributed by atoms with Gasteiger partial charge < -0.3 is 10.6 Å². The van der Waals surface area contributed by atoms with Crippen LogP contribution in [0.3, 0.4) is 0 Å². The van der Waals surface area contributed by atoms with Gasteiger partial charge in [0, 0.05) is 23.9 Å². The summed E-state index contributed by atoms with van der Waals surface area (Å²) in [5.41, 5.74) is 7.51. The predicted molar refractivity (Wildman–Crippen MR) is 108 cm³/mol. The Morgan fingerprint density at radius 1 is 1.19 bits per heavy atom. The number of carbonyl (C=O) groups is 2. The van der Waals surface area contributed by atoms with E-state index in [9.17, 15) is 9.59 Å². The Labute approximate surface area is 164 Å². The average Bonchev–Trinajstić information content (AvgIpc) is 3.15. The molecule has 1 aromatic carbocycles. The summed E-state index contributed by atoms with van der Waals surface area (Å²) in [5.74, 6) is 0.102. The monoisotopic (exact) mass is 382 g/mol. The van der Waals surface area contributed by atoms with Gasteiger partial charge >= 0.3 is 0 Å². The van der Waals surface area contributed by atoms with Gasteiger partial charge in [0.25, 0.3) is 0 Å². The van der Waals surface area contributed by atoms with Gasteiger partial charge in [0.15, 0.2) is 0 Å². The Bertz CT molecular complexity index is 829. The highest BCUT2D eigenvalue weighted by Crippen LogP contribution is 2.37. The molecule has 1 aliphatic heterocycles. The molecule has 2 N–H and O–H groups in total. The number of hydrogen-bond acceptors (Lipinski definition) is 3. The molecule has 0 spiro atoms. The van der Waals surface area contributed by atoms with Crippen molar-refractivity contribution in [2.45, 2.75) is 38.5 Å². The first-order valence-electron chi connectivity index (χ1n) is 9.79. The van der Waals surface area contributed by atoms with Crippen LogP contribution in [0.2, 0.25) is 0 Å². The lowest BCUT2D eigenvalue weighted by atomic mass is 9.73. The first-order valence-corrected chi connectivity index (χ1v) is 10.7. The molecule has 1 aromatic heterocycles. The third-order valence-electron chi connectivity index (χ3n) is 6.14. The van der Waals surface area contributed by atoms with Crippen molar-refractivity contribution in [3.8, 4) is 10.4 Å². The quantitative estimate of drug-likeness (QED) is 0.854. The Morgan fingerprint density at radius 2 is 2.04 bits per heavy atom. The molecule has 0 bridgehead atoms. The second-order valence-electron chi connectivity index (χ2n) is 7.99.